The molecule has 0 spiro atoms. The van der Waals surface area contributed by atoms with Crippen LogP contribution in [-0.2, 0) is 22.3 Å². The number of amides is 3. The molecule has 1 heterocycles. The third-order valence-corrected chi connectivity index (χ3v) is 8.33. The van der Waals surface area contributed by atoms with Crippen LogP contribution in [0.3, 0.4) is 0 Å². The number of benzene rings is 3. The maximum absolute atomic E-state index is 13.9. The number of nitrogens with two attached hydrogens (primary N) is 1. The Morgan fingerprint density at radius 2 is 1.53 bits per heavy atom. The first-order chi connectivity index (χ1) is 18.3. The predicted molar refractivity (Wildman–Crippen MR) is 146 cm³/mol. The van der Waals surface area contributed by atoms with Crippen molar-refractivity contribution in [1.29, 1.82) is 0 Å². The first-order valence-corrected chi connectivity index (χ1v) is 13.2. The molecule has 5 rings (SSSR count). The molecule has 38 heavy (non-hydrogen) atoms. The van der Waals surface area contributed by atoms with Crippen LogP contribution in [-0.4, -0.2) is 48.4 Å². The Kier molecular flexibility index (Phi) is 7.21. The maximum Gasteiger partial charge on any atom is 0.312 e. The van der Waals surface area contributed by atoms with Crippen LogP contribution in [0.1, 0.15) is 36.0 Å². The number of piperidine rings is 1. The zero-order valence-electron chi connectivity index (χ0n) is 21.8. The fraction of sp³-hybridized carbons (Fsp3) is 0.355. The molecule has 3 amide bonds. The summed E-state index contributed by atoms with van der Waals surface area (Å²) in [5, 5.41) is 3.03. The van der Waals surface area contributed by atoms with E-state index in [-0.39, 0.29) is 17.6 Å². The molecule has 6 nitrogen and oxygen atoms in total. The summed E-state index contributed by atoms with van der Waals surface area (Å²) in [6.45, 7) is 2.85. The number of hydrogen-bond acceptors (Lipinski definition) is 3. The molecule has 0 aromatic heterocycles. The van der Waals surface area contributed by atoms with Crippen molar-refractivity contribution in [2.45, 2.75) is 36.8 Å². The summed E-state index contributed by atoms with van der Waals surface area (Å²) >= 11 is 0. The van der Waals surface area contributed by atoms with Crippen LogP contribution in [0, 0.1) is 11.7 Å². The zero-order valence-corrected chi connectivity index (χ0v) is 21.8. The number of primary amides is 1. The number of halogens is 1. The molecule has 198 valence electrons. The maximum atomic E-state index is 13.9. The molecule has 2 aliphatic rings. The molecule has 1 saturated heterocycles. The minimum absolute atomic E-state index is 0.101. The first kappa shape index (κ1) is 25.9. The van der Waals surface area contributed by atoms with Gasteiger partial charge in [0.2, 0.25) is 5.91 Å². The lowest BCUT2D eigenvalue weighted by Crippen LogP contribution is -2.54. The highest BCUT2D eigenvalue weighted by Gasteiger charge is 2.62. The van der Waals surface area contributed by atoms with Gasteiger partial charge in [0.1, 0.15) is 5.82 Å². The van der Waals surface area contributed by atoms with E-state index in [2.05, 4.69) is 22.3 Å². The fourth-order valence-corrected chi connectivity index (χ4v) is 6.21. The van der Waals surface area contributed by atoms with Crippen LogP contribution >= 0.6 is 0 Å². The Balaban J connectivity index is 1.30. The second-order valence-corrected chi connectivity index (χ2v) is 10.8. The van der Waals surface area contributed by atoms with Crippen molar-refractivity contribution < 1.29 is 14.0 Å². The summed E-state index contributed by atoms with van der Waals surface area (Å²) < 4.78 is 13.4. The number of carbonyl (C=O) groups is 2. The highest BCUT2D eigenvalue weighted by Crippen LogP contribution is 2.56. The smallest absolute Gasteiger partial charge is 0.312 e. The van der Waals surface area contributed by atoms with E-state index in [1.165, 1.54) is 12.1 Å². The molecule has 0 bridgehead atoms. The molecule has 1 saturated carbocycles. The largest absolute Gasteiger partial charge is 0.352 e. The Labute approximate surface area is 223 Å². The number of nitrogens with one attached hydrogen (secondary N) is 1. The quantitative estimate of drug-likeness (QED) is 0.468. The summed E-state index contributed by atoms with van der Waals surface area (Å²) in [7, 11) is 1.83. The Morgan fingerprint density at radius 3 is 2.11 bits per heavy atom. The molecule has 2 unspecified atom stereocenters. The van der Waals surface area contributed by atoms with E-state index in [1.54, 1.807) is 17.0 Å². The van der Waals surface area contributed by atoms with Crippen molar-refractivity contribution in [3.05, 3.63) is 107 Å². The number of urea groups is 1. The average Bonchev–Trinajstić information content (AvgIpc) is 3.66. The Bertz CT molecular complexity index is 1260. The van der Waals surface area contributed by atoms with Gasteiger partial charge in [0.25, 0.3) is 0 Å². The molecule has 0 radical (unpaired) electrons. The van der Waals surface area contributed by atoms with Gasteiger partial charge in [0.15, 0.2) is 0 Å². The SMILES string of the molecule is CN(Cc1ccc(F)cc1)C(=O)C1(c2ccccc2)CC1CN1CCC(NC(N)=O)(c2ccccc2)CC1. The van der Waals surface area contributed by atoms with Gasteiger partial charge in [-0.2, -0.15) is 0 Å². The topological polar surface area (TPSA) is 78.7 Å². The van der Waals surface area contributed by atoms with Gasteiger partial charge in [-0.15, -0.1) is 0 Å². The van der Waals surface area contributed by atoms with E-state index in [0.717, 1.165) is 55.6 Å². The normalized spacial score (nSPS) is 22.4. The van der Waals surface area contributed by atoms with E-state index in [1.807, 2.05) is 55.6 Å². The molecule has 1 aliphatic carbocycles. The van der Waals surface area contributed by atoms with Crippen molar-refractivity contribution in [2.75, 3.05) is 26.7 Å². The standard InChI is InChI=1S/C31H35FN4O2/c1-35(21-23-12-14-27(32)15-13-23)28(37)31(25-10-6-3-7-11-25)20-26(31)22-36-18-16-30(17-19-36,34-29(33)38)24-8-4-2-5-9-24/h2-15,26H,16-22H2,1H3,(H3,33,34,38). The third-order valence-electron chi connectivity index (χ3n) is 8.33. The fourth-order valence-electron chi connectivity index (χ4n) is 6.21. The highest BCUT2D eigenvalue weighted by molar-refractivity contribution is 5.92. The number of likely N-dealkylation sites (tertiary alicyclic amines) is 1. The van der Waals surface area contributed by atoms with E-state index in [4.69, 9.17) is 5.73 Å². The molecule has 1 aliphatic heterocycles. The summed E-state index contributed by atoms with van der Waals surface area (Å²) in [4.78, 5) is 30.0. The molecule has 2 fully saturated rings. The van der Waals surface area contributed by atoms with Crippen LogP contribution in [0.15, 0.2) is 84.9 Å². The number of rotatable bonds is 8. The van der Waals surface area contributed by atoms with Gasteiger partial charge in [-0.25, -0.2) is 9.18 Å². The lowest BCUT2D eigenvalue weighted by molar-refractivity contribution is -0.133. The number of likely N-dealkylation sites (N-methyl/N-ethyl adjacent to an activating group) is 1. The van der Waals surface area contributed by atoms with Crippen LogP contribution in [0.2, 0.25) is 0 Å². The van der Waals surface area contributed by atoms with Gasteiger partial charge in [0, 0.05) is 33.2 Å². The van der Waals surface area contributed by atoms with Crippen molar-refractivity contribution >= 4 is 11.9 Å². The molecule has 3 aromatic rings. The molecule has 2 atom stereocenters. The van der Waals surface area contributed by atoms with Crippen LogP contribution in [0.25, 0.3) is 0 Å². The van der Waals surface area contributed by atoms with Crippen LogP contribution in [0.4, 0.5) is 9.18 Å². The van der Waals surface area contributed by atoms with Gasteiger partial charge < -0.3 is 20.9 Å². The van der Waals surface area contributed by atoms with Crippen LogP contribution in [0.5, 0.6) is 0 Å². The molecule has 3 aromatic carbocycles. The first-order valence-electron chi connectivity index (χ1n) is 13.2. The van der Waals surface area contributed by atoms with E-state index in [9.17, 15) is 14.0 Å². The Hall–Kier alpha value is -3.71. The van der Waals surface area contributed by atoms with E-state index < -0.39 is 17.0 Å². The number of carbonyl (C=O) groups excluding carboxylic acids is 2. The van der Waals surface area contributed by atoms with Crippen molar-refractivity contribution in [2.24, 2.45) is 11.7 Å². The van der Waals surface area contributed by atoms with E-state index >= 15 is 0 Å². The van der Waals surface area contributed by atoms with Crippen LogP contribution < -0.4 is 11.1 Å². The summed E-state index contributed by atoms with van der Waals surface area (Å²) in [5.74, 6) is 0.0139. The van der Waals surface area contributed by atoms with Gasteiger partial charge in [-0.1, -0.05) is 72.8 Å². The summed E-state index contributed by atoms with van der Waals surface area (Å²) in [6.07, 6.45) is 2.30. The van der Waals surface area contributed by atoms with Gasteiger partial charge in [0.05, 0.1) is 11.0 Å². The second kappa shape index (κ2) is 10.6. The van der Waals surface area contributed by atoms with Gasteiger partial charge in [-0.05, 0) is 54.0 Å². The van der Waals surface area contributed by atoms with Gasteiger partial charge >= 0.3 is 6.03 Å². The second-order valence-electron chi connectivity index (χ2n) is 10.8. The highest BCUT2D eigenvalue weighted by atomic mass is 19.1. The minimum Gasteiger partial charge on any atom is -0.352 e. The molecular formula is C31H35FN4O2. The zero-order chi connectivity index (χ0) is 26.8. The number of hydrogen-bond donors (Lipinski definition) is 2. The number of nitrogens with zero attached hydrogens (tertiary/aromatic N) is 2. The van der Waals surface area contributed by atoms with Gasteiger partial charge in [-0.3, -0.25) is 4.79 Å². The molecule has 3 N–H and O–H groups in total. The van der Waals surface area contributed by atoms with Crippen molar-refractivity contribution in [1.82, 2.24) is 15.1 Å². The predicted octanol–water partition coefficient (Wildman–Crippen LogP) is 4.40. The average molecular weight is 515 g/mol. The lowest BCUT2D eigenvalue weighted by atomic mass is 9.80. The molecule has 7 heteroatoms. The summed E-state index contributed by atoms with van der Waals surface area (Å²) in [6, 6.07) is 25.9. The minimum atomic E-state index is -0.560. The lowest BCUT2D eigenvalue weighted by Gasteiger charge is -2.42. The molecular weight excluding hydrogens is 479 g/mol. The van der Waals surface area contributed by atoms with Crippen molar-refractivity contribution in [3.63, 3.8) is 0 Å². The Morgan fingerprint density at radius 1 is 0.947 bits per heavy atom. The summed E-state index contributed by atoms with van der Waals surface area (Å²) in [5.41, 5.74) is 7.55. The van der Waals surface area contributed by atoms with E-state index in [0.29, 0.717) is 6.54 Å². The monoisotopic (exact) mass is 514 g/mol. The third kappa shape index (κ3) is 5.16. The van der Waals surface area contributed by atoms with Crippen molar-refractivity contribution in [3.8, 4) is 0 Å².